The number of nitrogens with zero attached hydrogens (tertiary/aromatic N) is 1. The molecule has 3 atom stereocenters. The van der Waals surface area contributed by atoms with Crippen molar-refractivity contribution in [3.63, 3.8) is 0 Å². The van der Waals surface area contributed by atoms with Crippen molar-refractivity contribution in [2.75, 3.05) is 26.2 Å². The van der Waals surface area contributed by atoms with Gasteiger partial charge in [0.25, 0.3) is 0 Å². The highest BCUT2D eigenvalue weighted by atomic mass is 16.5. The van der Waals surface area contributed by atoms with Gasteiger partial charge in [0.05, 0.1) is 12.7 Å². The van der Waals surface area contributed by atoms with Crippen LogP contribution in [0.15, 0.2) is 0 Å². The largest absolute Gasteiger partial charge is 0.375 e. The first-order valence-corrected chi connectivity index (χ1v) is 7.94. The van der Waals surface area contributed by atoms with Crippen molar-refractivity contribution < 1.29 is 4.74 Å². The van der Waals surface area contributed by atoms with Gasteiger partial charge in [-0.15, -0.1) is 0 Å². The van der Waals surface area contributed by atoms with E-state index in [0.29, 0.717) is 18.2 Å². The third-order valence-corrected chi connectivity index (χ3v) is 4.50. The maximum absolute atomic E-state index is 5.98. The van der Waals surface area contributed by atoms with E-state index in [-0.39, 0.29) is 0 Å². The lowest BCUT2D eigenvalue weighted by atomic mass is 9.88. The van der Waals surface area contributed by atoms with Crippen LogP contribution in [-0.4, -0.2) is 49.3 Å². The maximum Gasteiger partial charge on any atom is 0.0731 e. The minimum absolute atomic E-state index is 0.522. The summed E-state index contributed by atoms with van der Waals surface area (Å²) >= 11 is 0. The zero-order valence-electron chi connectivity index (χ0n) is 12.2. The Labute approximate surface area is 112 Å². The first kappa shape index (κ1) is 14.3. The van der Waals surface area contributed by atoms with Gasteiger partial charge in [0.2, 0.25) is 0 Å². The number of nitrogens with one attached hydrogen (secondary N) is 1. The summed E-state index contributed by atoms with van der Waals surface area (Å²) in [6, 6.07) is 1.41. The molecule has 2 aliphatic rings. The fraction of sp³-hybridized carbons (Fsp3) is 1.00. The second-order valence-corrected chi connectivity index (χ2v) is 5.75. The number of hydrogen-bond donors (Lipinski definition) is 1. The lowest BCUT2D eigenvalue weighted by molar-refractivity contribution is -0.103. The van der Waals surface area contributed by atoms with E-state index in [2.05, 4.69) is 24.1 Å². The summed E-state index contributed by atoms with van der Waals surface area (Å²) in [6.45, 7) is 8.81. The van der Waals surface area contributed by atoms with E-state index >= 15 is 0 Å². The Hall–Kier alpha value is -0.120. The van der Waals surface area contributed by atoms with Crippen molar-refractivity contribution in [3.05, 3.63) is 0 Å². The Morgan fingerprint density at radius 1 is 1.28 bits per heavy atom. The molecule has 3 nitrogen and oxygen atoms in total. The number of likely N-dealkylation sites (N-methyl/N-ethyl adjacent to an activating group) is 1. The molecule has 0 bridgehead atoms. The third kappa shape index (κ3) is 3.46. The van der Waals surface area contributed by atoms with Crippen LogP contribution >= 0.6 is 0 Å². The van der Waals surface area contributed by atoms with E-state index < -0.39 is 0 Å². The van der Waals surface area contributed by atoms with Gasteiger partial charge in [0, 0.05) is 25.2 Å². The molecule has 3 heteroatoms. The Balaban J connectivity index is 1.97. The second kappa shape index (κ2) is 7.46. The fourth-order valence-corrected chi connectivity index (χ4v) is 3.61. The van der Waals surface area contributed by atoms with Crippen LogP contribution < -0.4 is 5.32 Å². The molecule has 1 aliphatic carbocycles. The predicted molar refractivity (Wildman–Crippen MR) is 75.9 cm³/mol. The lowest BCUT2D eigenvalue weighted by Crippen LogP contribution is -2.58. The number of ether oxygens (including phenoxy) is 1. The molecule has 18 heavy (non-hydrogen) atoms. The topological polar surface area (TPSA) is 24.5 Å². The molecule has 0 radical (unpaired) electrons. The van der Waals surface area contributed by atoms with Gasteiger partial charge in [-0.2, -0.15) is 0 Å². The van der Waals surface area contributed by atoms with Gasteiger partial charge >= 0.3 is 0 Å². The number of rotatable bonds is 6. The number of morpholine rings is 1. The van der Waals surface area contributed by atoms with Gasteiger partial charge in [0.1, 0.15) is 0 Å². The van der Waals surface area contributed by atoms with Gasteiger partial charge in [0.15, 0.2) is 0 Å². The molecule has 3 unspecified atom stereocenters. The van der Waals surface area contributed by atoms with Crippen LogP contribution in [0.2, 0.25) is 0 Å². The standard InChI is InChI=1S/C15H30N2O/c1-3-7-13(12-16-4-2)17-10-11-18-15-9-6-5-8-14(15)17/h13-16H,3-12H2,1-2H3. The summed E-state index contributed by atoms with van der Waals surface area (Å²) in [7, 11) is 0. The predicted octanol–water partition coefficient (Wildman–Crippen LogP) is 2.41. The van der Waals surface area contributed by atoms with Crippen molar-refractivity contribution in [1.29, 1.82) is 0 Å². The normalized spacial score (nSPS) is 31.0. The summed E-state index contributed by atoms with van der Waals surface area (Å²) < 4.78 is 5.98. The molecule has 0 aromatic carbocycles. The zero-order chi connectivity index (χ0) is 12.8. The van der Waals surface area contributed by atoms with E-state index in [1.165, 1.54) is 38.5 Å². The minimum atomic E-state index is 0.522. The van der Waals surface area contributed by atoms with Gasteiger partial charge in [-0.3, -0.25) is 4.90 Å². The third-order valence-electron chi connectivity index (χ3n) is 4.50. The first-order valence-electron chi connectivity index (χ1n) is 7.94. The maximum atomic E-state index is 5.98. The molecule has 1 saturated heterocycles. The van der Waals surface area contributed by atoms with Crippen molar-refractivity contribution >= 4 is 0 Å². The van der Waals surface area contributed by atoms with Crippen LogP contribution in [0.1, 0.15) is 52.4 Å². The minimum Gasteiger partial charge on any atom is -0.375 e. The van der Waals surface area contributed by atoms with Crippen molar-refractivity contribution in [2.24, 2.45) is 0 Å². The van der Waals surface area contributed by atoms with E-state index in [1.54, 1.807) is 0 Å². The summed E-state index contributed by atoms with van der Waals surface area (Å²) in [5.41, 5.74) is 0. The molecule has 1 saturated carbocycles. The van der Waals surface area contributed by atoms with Gasteiger partial charge in [-0.1, -0.05) is 33.1 Å². The van der Waals surface area contributed by atoms with Crippen LogP contribution in [-0.2, 0) is 4.74 Å². The summed E-state index contributed by atoms with van der Waals surface area (Å²) in [4.78, 5) is 2.76. The number of hydrogen-bond acceptors (Lipinski definition) is 3. The lowest BCUT2D eigenvalue weighted by Gasteiger charge is -2.47. The Morgan fingerprint density at radius 2 is 2.11 bits per heavy atom. The zero-order valence-corrected chi connectivity index (χ0v) is 12.2. The first-order chi connectivity index (χ1) is 8.86. The monoisotopic (exact) mass is 254 g/mol. The van der Waals surface area contributed by atoms with Crippen LogP contribution in [0.4, 0.5) is 0 Å². The fourth-order valence-electron chi connectivity index (χ4n) is 3.61. The summed E-state index contributed by atoms with van der Waals surface area (Å²) in [5.74, 6) is 0. The highest BCUT2D eigenvalue weighted by Gasteiger charge is 2.36. The van der Waals surface area contributed by atoms with Crippen LogP contribution in [0, 0.1) is 0 Å². The second-order valence-electron chi connectivity index (χ2n) is 5.75. The van der Waals surface area contributed by atoms with Crippen molar-refractivity contribution in [1.82, 2.24) is 10.2 Å². The molecule has 2 fully saturated rings. The molecule has 2 rings (SSSR count). The highest BCUT2D eigenvalue weighted by Crippen LogP contribution is 2.30. The molecule has 0 aromatic heterocycles. The Morgan fingerprint density at radius 3 is 2.89 bits per heavy atom. The molecule has 0 aromatic rings. The summed E-state index contributed by atoms with van der Waals surface area (Å²) in [6.07, 6.45) is 8.49. The molecule has 106 valence electrons. The smallest absolute Gasteiger partial charge is 0.0731 e. The van der Waals surface area contributed by atoms with Gasteiger partial charge < -0.3 is 10.1 Å². The van der Waals surface area contributed by atoms with Crippen LogP contribution in [0.3, 0.4) is 0 Å². The van der Waals surface area contributed by atoms with E-state index in [1.807, 2.05) is 0 Å². The Kier molecular flexibility index (Phi) is 5.93. The molecule has 0 spiro atoms. The summed E-state index contributed by atoms with van der Waals surface area (Å²) in [5, 5.41) is 3.54. The molecule has 1 heterocycles. The SMILES string of the molecule is CCCC(CNCC)N1CCOC2CCCCC21. The average molecular weight is 254 g/mol. The van der Waals surface area contributed by atoms with Crippen LogP contribution in [0.5, 0.6) is 0 Å². The molecule has 1 N–H and O–H groups in total. The van der Waals surface area contributed by atoms with Gasteiger partial charge in [-0.25, -0.2) is 0 Å². The molecular formula is C15H30N2O. The average Bonchev–Trinajstić information content (AvgIpc) is 2.43. The van der Waals surface area contributed by atoms with E-state index in [4.69, 9.17) is 4.74 Å². The Bertz CT molecular complexity index is 233. The molecular weight excluding hydrogens is 224 g/mol. The quantitative estimate of drug-likeness (QED) is 0.788. The molecule has 1 aliphatic heterocycles. The van der Waals surface area contributed by atoms with E-state index in [0.717, 1.165) is 26.2 Å². The number of fused-ring (bicyclic) bond motifs is 1. The van der Waals surface area contributed by atoms with E-state index in [9.17, 15) is 0 Å². The highest BCUT2D eigenvalue weighted by molar-refractivity contribution is 4.91. The molecule has 0 amide bonds. The van der Waals surface area contributed by atoms with Crippen molar-refractivity contribution in [3.8, 4) is 0 Å². The van der Waals surface area contributed by atoms with Crippen molar-refractivity contribution in [2.45, 2.75) is 70.6 Å². The van der Waals surface area contributed by atoms with Crippen LogP contribution in [0.25, 0.3) is 0 Å². The van der Waals surface area contributed by atoms with Gasteiger partial charge in [-0.05, 0) is 25.8 Å².